The molecule has 0 aromatic rings. The molecule has 0 aromatic heterocycles. The summed E-state index contributed by atoms with van der Waals surface area (Å²) in [6, 6.07) is 0. The van der Waals surface area contributed by atoms with Crippen molar-refractivity contribution >= 4 is 0 Å². The van der Waals surface area contributed by atoms with Crippen molar-refractivity contribution in [1.29, 1.82) is 0 Å². The van der Waals surface area contributed by atoms with Crippen LogP contribution in [0.5, 0.6) is 0 Å². The van der Waals surface area contributed by atoms with Crippen LogP contribution in [0.25, 0.3) is 0 Å². The first-order chi connectivity index (χ1) is 5.20. The first-order valence-corrected chi connectivity index (χ1v) is 3.86. The maximum absolute atomic E-state index is 3.62. The highest BCUT2D eigenvalue weighted by Gasteiger charge is 1.81. The standard InChI is InChI=1S/C8H13N.C2H6/c1-5-8(3)7-9(4)6-2;1-2/h5-7H,1-2H2,3-4H3;1-2H3/b8-7-;. The van der Waals surface area contributed by atoms with Crippen molar-refractivity contribution in [2.24, 2.45) is 0 Å². The molecular weight excluding hydrogens is 134 g/mol. The zero-order chi connectivity index (χ0) is 9.28. The summed E-state index contributed by atoms with van der Waals surface area (Å²) in [5.74, 6) is 0. The Morgan fingerprint density at radius 1 is 1.27 bits per heavy atom. The molecule has 0 amide bonds. The van der Waals surface area contributed by atoms with Crippen molar-refractivity contribution in [2.45, 2.75) is 20.8 Å². The fraction of sp³-hybridized carbons (Fsp3) is 0.400. The summed E-state index contributed by atoms with van der Waals surface area (Å²) >= 11 is 0. The van der Waals surface area contributed by atoms with Crippen LogP contribution in [0.4, 0.5) is 0 Å². The predicted octanol–water partition coefficient (Wildman–Crippen LogP) is 3.18. The Morgan fingerprint density at radius 2 is 1.73 bits per heavy atom. The van der Waals surface area contributed by atoms with E-state index in [1.165, 1.54) is 0 Å². The van der Waals surface area contributed by atoms with Gasteiger partial charge in [-0.3, -0.25) is 0 Å². The van der Waals surface area contributed by atoms with Crippen LogP contribution < -0.4 is 0 Å². The number of hydrogen-bond donors (Lipinski definition) is 0. The van der Waals surface area contributed by atoms with Gasteiger partial charge in [-0.05, 0) is 18.7 Å². The third kappa shape index (κ3) is 9.02. The second-order valence-corrected chi connectivity index (χ2v) is 1.93. The minimum absolute atomic E-state index is 1.14. The molecule has 0 aromatic carbocycles. The topological polar surface area (TPSA) is 3.24 Å². The lowest BCUT2D eigenvalue weighted by molar-refractivity contribution is 0.623. The summed E-state index contributed by atoms with van der Waals surface area (Å²) in [5.41, 5.74) is 1.14. The fourth-order valence-corrected chi connectivity index (χ4v) is 0.427. The van der Waals surface area contributed by atoms with Crippen LogP contribution in [0.15, 0.2) is 37.2 Å². The van der Waals surface area contributed by atoms with E-state index in [0.717, 1.165) is 5.57 Å². The van der Waals surface area contributed by atoms with E-state index in [4.69, 9.17) is 0 Å². The van der Waals surface area contributed by atoms with Crippen molar-refractivity contribution in [3.05, 3.63) is 37.2 Å². The van der Waals surface area contributed by atoms with Crippen LogP contribution in [-0.4, -0.2) is 11.9 Å². The smallest absolute Gasteiger partial charge is 0.0106 e. The van der Waals surface area contributed by atoms with Gasteiger partial charge in [0.1, 0.15) is 0 Å². The molecular formula is C10H19N. The molecule has 1 nitrogen and oxygen atoms in total. The maximum Gasteiger partial charge on any atom is 0.0106 e. The van der Waals surface area contributed by atoms with Gasteiger partial charge in [0.05, 0.1) is 0 Å². The molecule has 0 aliphatic heterocycles. The van der Waals surface area contributed by atoms with Crippen molar-refractivity contribution < 1.29 is 0 Å². The summed E-state index contributed by atoms with van der Waals surface area (Å²) < 4.78 is 0. The van der Waals surface area contributed by atoms with Gasteiger partial charge in [-0.25, -0.2) is 0 Å². The highest BCUT2D eigenvalue weighted by atomic mass is 15.0. The van der Waals surface area contributed by atoms with Gasteiger partial charge < -0.3 is 4.90 Å². The summed E-state index contributed by atoms with van der Waals surface area (Å²) in [6.45, 7) is 13.2. The first-order valence-electron chi connectivity index (χ1n) is 3.86. The highest BCUT2D eigenvalue weighted by Crippen LogP contribution is 1.94. The molecule has 64 valence electrons. The molecule has 11 heavy (non-hydrogen) atoms. The largest absolute Gasteiger partial charge is 0.358 e. The zero-order valence-electron chi connectivity index (χ0n) is 8.09. The van der Waals surface area contributed by atoms with Crippen LogP contribution in [0.2, 0.25) is 0 Å². The van der Waals surface area contributed by atoms with Crippen LogP contribution in [0.3, 0.4) is 0 Å². The minimum atomic E-state index is 1.14. The van der Waals surface area contributed by atoms with Crippen LogP contribution in [-0.2, 0) is 0 Å². The number of allylic oxidation sites excluding steroid dienone is 2. The van der Waals surface area contributed by atoms with Gasteiger partial charge in [0, 0.05) is 13.2 Å². The SMILES string of the molecule is C=C/C(C)=C\N(C)C=C.CC. The van der Waals surface area contributed by atoms with E-state index in [-0.39, 0.29) is 0 Å². The molecule has 0 spiro atoms. The predicted molar refractivity (Wildman–Crippen MR) is 53.3 cm³/mol. The summed E-state index contributed by atoms with van der Waals surface area (Å²) in [5, 5.41) is 0. The Kier molecular flexibility index (Phi) is 10.4. The molecule has 0 fully saturated rings. The number of nitrogens with zero attached hydrogens (tertiary/aromatic N) is 1. The molecule has 0 saturated carbocycles. The van der Waals surface area contributed by atoms with Crippen molar-refractivity contribution in [2.75, 3.05) is 7.05 Å². The lowest BCUT2D eigenvalue weighted by Gasteiger charge is -2.05. The third-order valence-electron chi connectivity index (χ3n) is 1.02. The average molecular weight is 153 g/mol. The van der Waals surface area contributed by atoms with Gasteiger partial charge in [0.25, 0.3) is 0 Å². The Labute approximate surface area is 70.7 Å². The molecule has 0 rings (SSSR count). The van der Waals surface area contributed by atoms with E-state index in [1.54, 1.807) is 12.3 Å². The van der Waals surface area contributed by atoms with E-state index in [0.29, 0.717) is 0 Å². The first kappa shape index (κ1) is 12.7. The van der Waals surface area contributed by atoms with Crippen LogP contribution in [0.1, 0.15) is 20.8 Å². The molecule has 0 heterocycles. The van der Waals surface area contributed by atoms with Gasteiger partial charge in [0.2, 0.25) is 0 Å². The Balaban J connectivity index is 0. The normalized spacial score (nSPS) is 9.27. The summed E-state index contributed by atoms with van der Waals surface area (Å²) in [4.78, 5) is 1.89. The molecule has 0 aliphatic carbocycles. The minimum Gasteiger partial charge on any atom is -0.358 e. The Morgan fingerprint density at radius 3 is 2.00 bits per heavy atom. The van der Waals surface area contributed by atoms with Crippen molar-refractivity contribution in [3.8, 4) is 0 Å². The maximum atomic E-state index is 3.62. The van der Waals surface area contributed by atoms with Crippen molar-refractivity contribution in [3.63, 3.8) is 0 Å². The average Bonchev–Trinajstić information content (AvgIpc) is 2.07. The van der Waals surface area contributed by atoms with Gasteiger partial charge in [0.15, 0.2) is 0 Å². The molecule has 0 N–H and O–H groups in total. The van der Waals surface area contributed by atoms with E-state index in [1.807, 2.05) is 38.9 Å². The second kappa shape index (κ2) is 9.02. The van der Waals surface area contributed by atoms with Gasteiger partial charge >= 0.3 is 0 Å². The number of rotatable bonds is 3. The molecule has 0 unspecified atom stereocenters. The fourth-order valence-electron chi connectivity index (χ4n) is 0.427. The Hall–Kier alpha value is -0.980. The van der Waals surface area contributed by atoms with Crippen LogP contribution in [0, 0.1) is 0 Å². The second-order valence-electron chi connectivity index (χ2n) is 1.93. The van der Waals surface area contributed by atoms with Crippen molar-refractivity contribution in [1.82, 2.24) is 4.90 Å². The zero-order valence-corrected chi connectivity index (χ0v) is 8.09. The molecule has 1 heteroatoms. The van der Waals surface area contributed by atoms with Gasteiger partial charge in [-0.2, -0.15) is 0 Å². The van der Waals surface area contributed by atoms with E-state index in [2.05, 4.69) is 13.2 Å². The van der Waals surface area contributed by atoms with E-state index >= 15 is 0 Å². The molecule has 0 bridgehead atoms. The summed E-state index contributed by atoms with van der Waals surface area (Å²) in [6.07, 6.45) is 5.51. The lowest BCUT2D eigenvalue weighted by Crippen LogP contribution is -1.99. The molecule has 0 atom stereocenters. The van der Waals surface area contributed by atoms with Gasteiger partial charge in [-0.1, -0.05) is 33.1 Å². The number of hydrogen-bond acceptors (Lipinski definition) is 1. The monoisotopic (exact) mass is 153 g/mol. The highest BCUT2D eigenvalue weighted by molar-refractivity contribution is 5.12. The summed E-state index contributed by atoms with van der Waals surface area (Å²) in [7, 11) is 1.93. The molecule has 0 radical (unpaired) electrons. The van der Waals surface area contributed by atoms with Crippen LogP contribution >= 0.6 is 0 Å². The van der Waals surface area contributed by atoms with E-state index < -0.39 is 0 Å². The Bertz CT molecular complexity index is 134. The quantitative estimate of drug-likeness (QED) is 0.563. The van der Waals surface area contributed by atoms with Gasteiger partial charge in [-0.15, -0.1) is 0 Å². The van der Waals surface area contributed by atoms with E-state index in [9.17, 15) is 0 Å². The third-order valence-corrected chi connectivity index (χ3v) is 1.02. The molecule has 0 aliphatic rings. The lowest BCUT2D eigenvalue weighted by atomic mass is 10.3. The molecule has 0 saturated heterocycles.